The van der Waals surface area contributed by atoms with E-state index in [1.54, 1.807) is 54.3 Å². The number of methoxy groups -OCH3 is 1. The number of hydrogen-bond donors (Lipinski definition) is 4. The molecule has 6 atom stereocenters. The van der Waals surface area contributed by atoms with Gasteiger partial charge in [0.25, 0.3) is 5.91 Å². The molecule has 4 N–H and O–H groups in total. The van der Waals surface area contributed by atoms with Crippen molar-refractivity contribution >= 4 is 53.2 Å². The quantitative estimate of drug-likeness (QED) is 0.0938. The van der Waals surface area contributed by atoms with E-state index in [0.717, 1.165) is 38.0 Å². The first-order valence-corrected chi connectivity index (χ1v) is 23.3. The SMILES string of the molecule is C/C=C\SC(C)C(NC(=O)CNC(=O)C(=O)C(C)NC(=O)C1[C@@H](CC(C)(C)OC)CCN1C(=O)C(NC(=O)OC(C)(C)C)C1CCCCC1)C(=O)N(C)C.CC#CC.CCC(C)C. The van der Waals surface area contributed by atoms with E-state index in [4.69, 9.17) is 9.47 Å². The van der Waals surface area contributed by atoms with Crippen molar-refractivity contribution in [2.45, 2.75) is 182 Å². The van der Waals surface area contributed by atoms with E-state index < -0.39 is 77.4 Å². The number of carbonyl (C=O) groups excluding carboxylic acids is 7. The highest BCUT2D eigenvalue weighted by Crippen LogP contribution is 2.35. The number of nitrogens with zero attached hydrogens (tertiary/aromatic N) is 2. The molecule has 5 unspecified atom stereocenters. The second-order valence-corrected chi connectivity index (χ2v) is 19.7. The predicted molar refractivity (Wildman–Crippen MR) is 251 cm³/mol. The molecule has 0 spiro atoms. The Morgan fingerprint density at radius 2 is 1.46 bits per heavy atom. The third kappa shape index (κ3) is 22.4. The van der Waals surface area contributed by atoms with Gasteiger partial charge in [0.15, 0.2) is 0 Å². The van der Waals surface area contributed by atoms with Gasteiger partial charge in [0.1, 0.15) is 23.7 Å². The molecule has 2 fully saturated rings. The van der Waals surface area contributed by atoms with Crippen LogP contribution in [0.1, 0.15) is 141 Å². The molecule has 2 aliphatic rings. The topological polar surface area (TPSA) is 193 Å². The number of ether oxygens (including phenoxy) is 2. The van der Waals surface area contributed by atoms with Crippen molar-refractivity contribution in [2.75, 3.05) is 34.3 Å². The molecule has 6 amide bonds. The van der Waals surface area contributed by atoms with E-state index >= 15 is 0 Å². The van der Waals surface area contributed by atoms with Crippen LogP contribution in [0.2, 0.25) is 0 Å². The fraction of sp³-hybridized carbons (Fsp3) is 0.766. The van der Waals surface area contributed by atoms with Crippen molar-refractivity contribution in [1.29, 1.82) is 0 Å². The lowest BCUT2D eigenvalue weighted by atomic mass is 9.83. The van der Waals surface area contributed by atoms with Crippen molar-refractivity contribution in [3.05, 3.63) is 11.5 Å². The number of hydrogen-bond acceptors (Lipinski definition) is 10. The van der Waals surface area contributed by atoms with E-state index in [1.165, 1.54) is 34.9 Å². The van der Waals surface area contributed by atoms with Gasteiger partial charge in [-0.25, -0.2) is 4.79 Å². The zero-order valence-corrected chi connectivity index (χ0v) is 42.1. The molecule has 360 valence electrons. The van der Waals surface area contributed by atoms with Gasteiger partial charge >= 0.3 is 6.09 Å². The molecule has 0 aromatic rings. The van der Waals surface area contributed by atoms with E-state index in [1.807, 2.05) is 40.7 Å². The van der Waals surface area contributed by atoms with Gasteiger partial charge in [0.2, 0.25) is 29.4 Å². The summed E-state index contributed by atoms with van der Waals surface area (Å²) in [4.78, 5) is 96.0. The zero-order valence-electron chi connectivity index (χ0n) is 41.3. The number of amides is 6. The minimum atomic E-state index is -1.30. The molecule has 1 saturated heterocycles. The van der Waals surface area contributed by atoms with Gasteiger partial charge in [0.05, 0.1) is 18.2 Å². The summed E-state index contributed by atoms with van der Waals surface area (Å²) in [6.45, 7) is 23.9. The minimum absolute atomic E-state index is 0.148. The van der Waals surface area contributed by atoms with Crippen LogP contribution in [0, 0.1) is 29.6 Å². The summed E-state index contributed by atoms with van der Waals surface area (Å²) in [7, 11) is 4.71. The standard InChI is InChI=1S/C38H64N6O9S.C5H12.C4H6/c1-12-20-54-24(3)28(34(49)43(9)10)41-27(45)22-39-33(48)31(46)23(2)40-32(47)30-26(21-38(7,8)52-11)18-19-44(30)35(50)29(25-16-14-13-15-17-25)42-36(51)53-37(4,5)6;1-4-5(2)3;1-3-4-2/h12,20,23-26,28-30H,13-19,21-22H2,1-11H3,(H,39,48)(H,40,47)(H,41,45)(H,42,51);5H,4H2,1-3H3;1-2H3/b20-12-;;/t23?,24?,26-,28?,29?,30?;;/m1../s1. The van der Waals surface area contributed by atoms with E-state index in [0.29, 0.717) is 12.8 Å². The highest BCUT2D eigenvalue weighted by molar-refractivity contribution is 8.02. The molecule has 0 radical (unpaired) electrons. The predicted octanol–water partition coefficient (Wildman–Crippen LogP) is 5.99. The molecule has 15 nitrogen and oxygen atoms in total. The van der Waals surface area contributed by atoms with Crippen molar-refractivity contribution in [2.24, 2.45) is 17.8 Å². The number of likely N-dealkylation sites (tertiary alicyclic amines) is 1. The van der Waals surface area contributed by atoms with Crippen LogP contribution in [0.4, 0.5) is 4.79 Å². The van der Waals surface area contributed by atoms with E-state index in [-0.39, 0.29) is 29.5 Å². The Kier molecular flexibility index (Phi) is 27.5. The Labute approximate surface area is 383 Å². The maximum absolute atomic E-state index is 14.4. The first-order chi connectivity index (χ1) is 29.3. The molecule has 0 bridgehead atoms. The van der Waals surface area contributed by atoms with Crippen LogP contribution < -0.4 is 21.3 Å². The zero-order chi connectivity index (χ0) is 48.7. The second kappa shape index (κ2) is 29.4. The molecule has 16 heteroatoms. The fourth-order valence-electron chi connectivity index (χ4n) is 6.82. The molecule has 0 aromatic carbocycles. The number of rotatable bonds is 18. The number of allylic oxidation sites excluding steroid dienone is 1. The Hall–Kier alpha value is -4.10. The van der Waals surface area contributed by atoms with Gasteiger partial charge in [-0.05, 0) is 111 Å². The van der Waals surface area contributed by atoms with Gasteiger partial charge < -0.3 is 40.5 Å². The largest absolute Gasteiger partial charge is 0.444 e. The number of ketones is 1. The van der Waals surface area contributed by atoms with Crippen LogP contribution in [0.25, 0.3) is 0 Å². The summed E-state index contributed by atoms with van der Waals surface area (Å²) in [6.07, 6.45) is 7.60. The monoisotopic (exact) mass is 907 g/mol. The summed E-state index contributed by atoms with van der Waals surface area (Å²) < 4.78 is 11.2. The maximum atomic E-state index is 14.4. The number of Topliss-reactive ketones (excluding diaryl/α,β-unsaturated/α-hetero) is 1. The maximum Gasteiger partial charge on any atom is 0.408 e. The van der Waals surface area contributed by atoms with E-state index in [2.05, 4.69) is 53.9 Å². The molecular formula is C47H82N6O9S. The van der Waals surface area contributed by atoms with Crippen LogP contribution in [0.3, 0.4) is 0 Å². The fourth-order valence-corrected chi connectivity index (χ4v) is 7.57. The van der Waals surface area contributed by atoms with Gasteiger partial charge in [-0.15, -0.1) is 23.6 Å². The molecule has 1 aliphatic heterocycles. The average Bonchev–Trinajstić information content (AvgIpc) is 3.64. The van der Waals surface area contributed by atoms with Crippen molar-refractivity contribution in [1.82, 2.24) is 31.1 Å². The molecule has 1 saturated carbocycles. The van der Waals surface area contributed by atoms with Gasteiger partial charge in [0, 0.05) is 33.0 Å². The first kappa shape index (κ1) is 58.9. The third-order valence-electron chi connectivity index (χ3n) is 10.8. The number of alkyl carbamates (subject to hydrolysis) is 1. The normalized spacial score (nSPS) is 18.4. The van der Waals surface area contributed by atoms with Crippen molar-refractivity contribution in [3.63, 3.8) is 0 Å². The Bertz CT molecular complexity index is 1570. The van der Waals surface area contributed by atoms with E-state index in [9.17, 15) is 33.6 Å². The van der Waals surface area contributed by atoms with Crippen LogP contribution in [-0.2, 0) is 38.2 Å². The summed E-state index contributed by atoms with van der Waals surface area (Å²) in [5, 5.41) is 11.9. The third-order valence-corrected chi connectivity index (χ3v) is 11.9. The number of nitrogens with one attached hydrogen (secondary N) is 4. The number of thioether (sulfide) groups is 1. The highest BCUT2D eigenvalue weighted by atomic mass is 32.2. The summed E-state index contributed by atoms with van der Waals surface area (Å²) >= 11 is 1.36. The highest BCUT2D eigenvalue weighted by Gasteiger charge is 2.47. The van der Waals surface area contributed by atoms with Gasteiger partial charge in [-0.1, -0.05) is 59.5 Å². The Morgan fingerprint density at radius 3 is 1.94 bits per heavy atom. The molecule has 0 aromatic heterocycles. The van der Waals surface area contributed by atoms with Crippen LogP contribution in [0.5, 0.6) is 0 Å². The van der Waals surface area contributed by atoms with Gasteiger partial charge in [-0.2, -0.15) is 0 Å². The lowest BCUT2D eigenvalue weighted by molar-refractivity contribution is -0.144. The first-order valence-electron chi connectivity index (χ1n) is 22.4. The second-order valence-electron chi connectivity index (χ2n) is 18.4. The van der Waals surface area contributed by atoms with Crippen molar-refractivity contribution in [3.8, 4) is 11.8 Å². The van der Waals surface area contributed by atoms with Crippen LogP contribution in [0.15, 0.2) is 11.5 Å². The molecular weight excluding hydrogens is 825 g/mol. The number of likely N-dealkylation sites (N-methyl/N-ethyl adjacent to an activating group) is 1. The Balaban J connectivity index is 0.00000386. The molecule has 2 rings (SSSR count). The minimum Gasteiger partial charge on any atom is -0.444 e. The van der Waals surface area contributed by atoms with Crippen LogP contribution in [-0.4, -0.2) is 126 Å². The van der Waals surface area contributed by atoms with Gasteiger partial charge in [-0.3, -0.25) is 28.8 Å². The lowest BCUT2D eigenvalue weighted by Gasteiger charge is -2.36. The molecule has 1 aliphatic carbocycles. The van der Waals surface area contributed by atoms with Crippen molar-refractivity contribution < 1.29 is 43.0 Å². The lowest BCUT2D eigenvalue weighted by Crippen LogP contribution is -2.59. The molecule has 1 heterocycles. The average molecular weight is 907 g/mol. The summed E-state index contributed by atoms with van der Waals surface area (Å²) in [6, 6.07) is -4.12. The molecule has 63 heavy (non-hydrogen) atoms. The van der Waals surface area contributed by atoms with Crippen LogP contribution >= 0.6 is 11.8 Å². The number of carbonyl (C=O) groups is 7. The summed E-state index contributed by atoms with van der Waals surface area (Å²) in [5.74, 6) is 1.62. The summed E-state index contributed by atoms with van der Waals surface area (Å²) in [5.41, 5.74) is -1.42. The smallest absolute Gasteiger partial charge is 0.408 e. The Morgan fingerprint density at radius 1 is 0.889 bits per heavy atom.